The number of benzene rings is 1. The van der Waals surface area contributed by atoms with Crippen LogP contribution < -0.4 is 5.43 Å². The van der Waals surface area contributed by atoms with Crippen molar-refractivity contribution < 1.29 is 17.9 Å². The minimum absolute atomic E-state index is 0.211. The molecule has 23 heavy (non-hydrogen) atoms. The molecule has 0 spiro atoms. The van der Waals surface area contributed by atoms with Crippen LogP contribution in [0.25, 0.3) is 0 Å². The van der Waals surface area contributed by atoms with E-state index >= 15 is 0 Å². The number of hydrazine groups is 1. The number of hydrogen-bond acceptors (Lipinski definition) is 6. The van der Waals surface area contributed by atoms with Crippen molar-refractivity contribution in [1.29, 1.82) is 0 Å². The van der Waals surface area contributed by atoms with Gasteiger partial charge in [0.2, 0.25) is 15.0 Å². The van der Waals surface area contributed by atoms with Gasteiger partial charge in [-0.25, -0.2) is 17.8 Å². The molecule has 0 aromatic heterocycles. The van der Waals surface area contributed by atoms with Crippen molar-refractivity contribution in [3.8, 4) is 0 Å². The van der Waals surface area contributed by atoms with Gasteiger partial charge in [0.05, 0.1) is 12.6 Å². The molecular weight excluding hydrogens is 321 g/mol. The maximum Gasteiger partial charge on any atom is 0.233 e. The molecule has 1 aromatic rings. The SMILES string of the molecule is O=S(=O)(C1=NC2[C@@H](F)C[C@@H](c3ccccc3)N2N1)C1(CO)CC1. The van der Waals surface area contributed by atoms with Crippen molar-refractivity contribution in [2.24, 2.45) is 4.99 Å². The first kappa shape index (κ1) is 15.0. The Balaban J connectivity index is 1.63. The van der Waals surface area contributed by atoms with Crippen LogP contribution in [0, 0.1) is 0 Å². The molecule has 1 aromatic carbocycles. The van der Waals surface area contributed by atoms with Crippen molar-refractivity contribution in [2.75, 3.05) is 6.61 Å². The minimum Gasteiger partial charge on any atom is -0.395 e. The Labute approximate surface area is 133 Å². The summed E-state index contributed by atoms with van der Waals surface area (Å²) in [6, 6.07) is 9.14. The highest BCUT2D eigenvalue weighted by atomic mass is 32.2. The zero-order chi connectivity index (χ0) is 16.2. The Morgan fingerprint density at radius 2 is 2.04 bits per heavy atom. The minimum atomic E-state index is -3.77. The first-order valence-electron chi connectivity index (χ1n) is 7.66. The van der Waals surface area contributed by atoms with Gasteiger partial charge in [0, 0.05) is 6.42 Å². The van der Waals surface area contributed by atoms with E-state index in [9.17, 15) is 17.9 Å². The van der Waals surface area contributed by atoms with E-state index in [1.807, 2.05) is 30.3 Å². The summed E-state index contributed by atoms with van der Waals surface area (Å²) in [5.74, 6) is 0. The molecule has 2 aliphatic heterocycles. The van der Waals surface area contributed by atoms with Gasteiger partial charge in [0.15, 0.2) is 6.17 Å². The lowest BCUT2D eigenvalue weighted by Crippen LogP contribution is -2.45. The Morgan fingerprint density at radius 3 is 2.65 bits per heavy atom. The normalized spacial score (nSPS) is 32.3. The van der Waals surface area contributed by atoms with Crippen molar-refractivity contribution in [3.63, 3.8) is 0 Å². The summed E-state index contributed by atoms with van der Waals surface area (Å²) in [6.07, 6.45) is -0.968. The molecule has 6 nitrogen and oxygen atoms in total. The second-order valence-corrected chi connectivity index (χ2v) is 8.65. The molecule has 1 saturated carbocycles. The monoisotopic (exact) mass is 339 g/mol. The largest absolute Gasteiger partial charge is 0.395 e. The van der Waals surface area contributed by atoms with Crippen LogP contribution in [0.2, 0.25) is 0 Å². The van der Waals surface area contributed by atoms with E-state index in [0.29, 0.717) is 12.8 Å². The van der Waals surface area contributed by atoms with Gasteiger partial charge in [-0.1, -0.05) is 30.3 Å². The number of nitrogens with zero attached hydrogens (tertiary/aromatic N) is 2. The molecule has 0 bridgehead atoms. The Morgan fingerprint density at radius 1 is 1.35 bits per heavy atom. The van der Waals surface area contributed by atoms with Crippen LogP contribution >= 0.6 is 0 Å². The molecular formula is C15H18FN3O3S. The van der Waals surface area contributed by atoms with E-state index in [0.717, 1.165) is 5.56 Å². The van der Waals surface area contributed by atoms with E-state index in [1.54, 1.807) is 5.01 Å². The molecule has 2 heterocycles. The molecule has 2 fully saturated rings. The van der Waals surface area contributed by atoms with E-state index in [1.165, 1.54) is 0 Å². The molecule has 8 heteroatoms. The van der Waals surface area contributed by atoms with Crippen molar-refractivity contribution in [2.45, 2.75) is 42.4 Å². The molecule has 0 amide bonds. The third-order valence-electron chi connectivity index (χ3n) is 4.97. The smallest absolute Gasteiger partial charge is 0.233 e. The topological polar surface area (TPSA) is 82.0 Å². The standard InChI is InChI=1S/C15H18FN3O3S/c16-11-8-12(10-4-2-1-3-5-10)19-13(11)17-14(18-19)23(21,22)15(9-20)6-7-15/h1-5,11-13,20H,6-9H2,(H,17,18)/t11-,12-,13?/m0/s1. The number of aliphatic hydroxyl groups excluding tert-OH is 1. The number of rotatable bonds is 3. The first-order chi connectivity index (χ1) is 11.0. The molecule has 3 aliphatic rings. The van der Waals surface area contributed by atoms with Crippen molar-refractivity contribution in [3.05, 3.63) is 35.9 Å². The van der Waals surface area contributed by atoms with E-state index in [2.05, 4.69) is 10.4 Å². The molecule has 1 unspecified atom stereocenters. The number of fused-ring (bicyclic) bond motifs is 1. The van der Waals surface area contributed by atoms with Gasteiger partial charge in [0.1, 0.15) is 10.9 Å². The maximum atomic E-state index is 14.3. The summed E-state index contributed by atoms with van der Waals surface area (Å²) in [5, 5.41) is 10.8. The Kier molecular flexibility index (Phi) is 3.26. The van der Waals surface area contributed by atoms with E-state index < -0.39 is 33.5 Å². The Hall–Kier alpha value is -1.51. The zero-order valence-corrected chi connectivity index (χ0v) is 13.2. The molecule has 124 valence electrons. The summed E-state index contributed by atoms with van der Waals surface area (Å²) in [5.41, 5.74) is 3.72. The fourth-order valence-corrected chi connectivity index (χ4v) is 5.00. The predicted octanol–water partition coefficient (Wildman–Crippen LogP) is 0.911. The van der Waals surface area contributed by atoms with Crippen LogP contribution in [0.3, 0.4) is 0 Å². The van der Waals surface area contributed by atoms with Crippen LogP contribution in [-0.2, 0) is 9.84 Å². The van der Waals surface area contributed by atoms with Crippen LogP contribution in [0.15, 0.2) is 35.3 Å². The number of nitrogens with one attached hydrogen (secondary N) is 1. The van der Waals surface area contributed by atoms with Crippen molar-refractivity contribution in [1.82, 2.24) is 10.4 Å². The summed E-state index contributed by atoms with van der Waals surface area (Å²) in [7, 11) is -3.77. The highest BCUT2D eigenvalue weighted by Crippen LogP contribution is 2.46. The molecule has 3 atom stereocenters. The molecule has 2 N–H and O–H groups in total. The van der Waals surface area contributed by atoms with Gasteiger partial charge in [-0.15, -0.1) is 0 Å². The lowest BCUT2D eigenvalue weighted by atomic mass is 10.1. The van der Waals surface area contributed by atoms with Crippen LogP contribution in [-0.4, -0.2) is 47.4 Å². The average molecular weight is 339 g/mol. The van der Waals surface area contributed by atoms with Gasteiger partial charge >= 0.3 is 0 Å². The fourth-order valence-electron chi connectivity index (χ4n) is 3.31. The maximum absolute atomic E-state index is 14.3. The van der Waals surface area contributed by atoms with Gasteiger partial charge in [0.25, 0.3) is 0 Å². The zero-order valence-electron chi connectivity index (χ0n) is 12.4. The number of hydrogen-bond donors (Lipinski definition) is 2. The second-order valence-electron chi connectivity index (χ2n) is 6.39. The number of sulfone groups is 1. The lowest BCUT2D eigenvalue weighted by molar-refractivity contribution is 0.160. The lowest BCUT2D eigenvalue weighted by Gasteiger charge is -2.24. The summed E-state index contributed by atoms with van der Waals surface area (Å²) >= 11 is 0. The van der Waals surface area contributed by atoms with Crippen LogP contribution in [0.1, 0.15) is 30.9 Å². The number of halogens is 1. The molecule has 1 saturated heterocycles. The van der Waals surface area contributed by atoms with Gasteiger partial charge < -0.3 is 5.11 Å². The molecule has 4 rings (SSSR count). The Bertz CT molecular complexity index is 748. The predicted molar refractivity (Wildman–Crippen MR) is 82.9 cm³/mol. The molecule has 1 aliphatic carbocycles. The highest BCUT2D eigenvalue weighted by molar-refractivity contribution is 8.07. The van der Waals surface area contributed by atoms with Crippen LogP contribution in [0.5, 0.6) is 0 Å². The first-order valence-corrected chi connectivity index (χ1v) is 9.14. The van der Waals surface area contributed by atoms with E-state index in [4.69, 9.17) is 0 Å². The van der Waals surface area contributed by atoms with Gasteiger partial charge in [-0.05, 0) is 18.4 Å². The van der Waals surface area contributed by atoms with E-state index in [-0.39, 0.29) is 17.6 Å². The summed E-state index contributed by atoms with van der Waals surface area (Å²) in [6.45, 7) is -0.429. The van der Waals surface area contributed by atoms with Crippen LogP contribution in [0.4, 0.5) is 4.39 Å². The van der Waals surface area contributed by atoms with Gasteiger partial charge in [-0.2, -0.15) is 5.01 Å². The van der Waals surface area contributed by atoms with Crippen molar-refractivity contribution >= 4 is 15.0 Å². The second kappa shape index (κ2) is 4.99. The number of amidine groups is 1. The summed E-state index contributed by atoms with van der Waals surface area (Å²) in [4.78, 5) is 4.09. The number of aliphatic hydroxyl groups is 1. The fraction of sp³-hybridized carbons (Fsp3) is 0.533. The molecule has 0 radical (unpaired) electrons. The summed E-state index contributed by atoms with van der Waals surface area (Å²) < 4.78 is 38.5. The van der Waals surface area contributed by atoms with Gasteiger partial charge in [-0.3, -0.25) is 5.43 Å². The average Bonchev–Trinajstić information content (AvgIpc) is 3.15. The number of aliphatic imine (C=N–C) groups is 1. The number of alkyl halides is 1. The quantitative estimate of drug-likeness (QED) is 0.855. The third-order valence-corrected chi connectivity index (χ3v) is 7.36. The highest BCUT2D eigenvalue weighted by Gasteiger charge is 2.59. The third kappa shape index (κ3) is 2.12.